The lowest BCUT2D eigenvalue weighted by Gasteiger charge is -2.25. The van der Waals surface area contributed by atoms with Crippen LogP contribution in [0.2, 0.25) is 0 Å². The molecule has 0 fully saturated rings. The molecule has 2 aromatic heterocycles. The van der Waals surface area contributed by atoms with Gasteiger partial charge in [-0.3, -0.25) is 9.20 Å². The number of carbonyl (C=O) groups excluding carboxylic acids is 1. The zero-order chi connectivity index (χ0) is 13.1. The van der Waals surface area contributed by atoms with Crippen molar-refractivity contribution in [2.45, 2.75) is 26.3 Å². The van der Waals surface area contributed by atoms with E-state index in [0.29, 0.717) is 6.54 Å². The van der Waals surface area contributed by atoms with Gasteiger partial charge in [-0.1, -0.05) is 0 Å². The van der Waals surface area contributed by atoms with Crippen LogP contribution < -0.4 is 0 Å². The molecule has 2 aromatic rings. The Morgan fingerprint density at radius 2 is 2.39 bits per heavy atom. The van der Waals surface area contributed by atoms with Crippen molar-refractivity contribution >= 4 is 22.2 Å². The quantitative estimate of drug-likeness (QED) is 0.884. The molecule has 0 aliphatic carbocycles. The fourth-order valence-electron chi connectivity index (χ4n) is 1.90. The number of fused-ring (bicyclic) bond motifs is 1. The molecule has 6 heteroatoms. The third-order valence-corrected chi connectivity index (χ3v) is 3.53. The number of nitrogens with zero attached hydrogens (tertiary/aromatic N) is 3. The minimum atomic E-state index is -0.0117. The topological polar surface area (TPSA) is 57.8 Å². The molecule has 18 heavy (non-hydrogen) atoms. The van der Waals surface area contributed by atoms with E-state index in [2.05, 4.69) is 4.98 Å². The lowest BCUT2D eigenvalue weighted by atomic mass is 10.2. The van der Waals surface area contributed by atoms with Gasteiger partial charge in [0.05, 0.1) is 18.7 Å². The minimum absolute atomic E-state index is 0.00445. The van der Waals surface area contributed by atoms with Gasteiger partial charge in [-0.25, -0.2) is 4.98 Å². The Balaban J connectivity index is 2.07. The van der Waals surface area contributed by atoms with Crippen LogP contribution in [0.1, 0.15) is 19.5 Å². The Morgan fingerprint density at radius 3 is 3.00 bits per heavy atom. The molecule has 1 N–H and O–H groups in total. The van der Waals surface area contributed by atoms with E-state index in [4.69, 9.17) is 5.11 Å². The zero-order valence-corrected chi connectivity index (χ0v) is 11.4. The summed E-state index contributed by atoms with van der Waals surface area (Å²) in [6, 6.07) is 0.0911. The van der Waals surface area contributed by atoms with Crippen LogP contribution in [0.25, 0.3) is 4.96 Å². The number of carbonyl (C=O) groups is 1. The van der Waals surface area contributed by atoms with Gasteiger partial charge < -0.3 is 10.0 Å². The van der Waals surface area contributed by atoms with Gasteiger partial charge in [0.2, 0.25) is 5.91 Å². The molecule has 5 nitrogen and oxygen atoms in total. The summed E-state index contributed by atoms with van der Waals surface area (Å²) in [6.07, 6.45) is 4.09. The Labute approximate surface area is 110 Å². The maximum absolute atomic E-state index is 12.1. The number of rotatable bonds is 5. The molecule has 0 spiro atoms. The highest BCUT2D eigenvalue weighted by Crippen LogP contribution is 2.12. The second kappa shape index (κ2) is 5.49. The highest BCUT2D eigenvalue weighted by molar-refractivity contribution is 7.15. The van der Waals surface area contributed by atoms with E-state index in [-0.39, 0.29) is 25.0 Å². The van der Waals surface area contributed by atoms with Gasteiger partial charge in [0, 0.05) is 30.4 Å². The van der Waals surface area contributed by atoms with Crippen molar-refractivity contribution in [2.75, 3.05) is 13.2 Å². The molecule has 0 unspecified atom stereocenters. The number of aliphatic hydroxyl groups excluding tert-OH is 1. The van der Waals surface area contributed by atoms with Crippen LogP contribution in [0.3, 0.4) is 0 Å². The van der Waals surface area contributed by atoms with Crippen LogP contribution in [-0.4, -0.2) is 44.5 Å². The van der Waals surface area contributed by atoms with E-state index >= 15 is 0 Å². The summed E-state index contributed by atoms with van der Waals surface area (Å²) < 4.78 is 1.92. The second-order valence-corrected chi connectivity index (χ2v) is 5.28. The first-order chi connectivity index (χ1) is 8.61. The van der Waals surface area contributed by atoms with Crippen molar-refractivity contribution < 1.29 is 9.90 Å². The SMILES string of the molecule is CC(C)N(CCO)C(=O)Cc1cn2ccsc2n1. The van der Waals surface area contributed by atoms with Gasteiger partial charge in [-0.15, -0.1) is 11.3 Å². The Morgan fingerprint density at radius 1 is 1.61 bits per heavy atom. The van der Waals surface area contributed by atoms with E-state index < -0.39 is 0 Å². The molecule has 0 aliphatic rings. The van der Waals surface area contributed by atoms with Crippen molar-refractivity contribution in [1.82, 2.24) is 14.3 Å². The predicted octanol–water partition coefficient (Wildman–Crippen LogP) is 1.17. The Hall–Kier alpha value is -1.40. The van der Waals surface area contributed by atoms with E-state index in [9.17, 15) is 4.79 Å². The molecule has 0 saturated carbocycles. The molecule has 0 radical (unpaired) electrons. The van der Waals surface area contributed by atoms with Crippen LogP contribution in [-0.2, 0) is 11.2 Å². The molecule has 0 aromatic carbocycles. The summed E-state index contributed by atoms with van der Waals surface area (Å²) in [4.78, 5) is 19.1. The second-order valence-electron chi connectivity index (χ2n) is 4.41. The van der Waals surface area contributed by atoms with E-state index in [0.717, 1.165) is 10.7 Å². The maximum Gasteiger partial charge on any atom is 0.228 e. The average molecular weight is 267 g/mol. The molecule has 0 saturated heterocycles. The van der Waals surface area contributed by atoms with Gasteiger partial charge in [0.25, 0.3) is 0 Å². The summed E-state index contributed by atoms with van der Waals surface area (Å²) in [5, 5.41) is 10.9. The normalized spacial score (nSPS) is 11.3. The number of hydrogen-bond donors (Lipinski definition) is 1. The summed E-state index contributed by atoms with van der Waals surface area (Å²) in [5.41, 5.74) is 0.774. The molecule has 0 atom stereocenters. The molecule has 0 bridgehead atoms. The summed E-state index contributed by atoms with van der Waals surface area (Å²) in [5.74, 6) is 0.00445. The van der Waals surface area contributed by atoms with Crippen molar-refractivity contribution in [2.24, 2.45) is 0 Å². The third kappa shape index (κ3) is 2.70. The average Bonchev–Trinajstić information content (AvgIpc) is 2.85. The van der Waals surface area contributed by atoms with Crippen molar-refractivity contribution in [3.8, 4) is 0 Å². The minimum Gasteiger partial charge on any atom is -0.395 e. The smallest absolute Gasteiger partial charge is 0.228 e. The lowest BCUT2D eigenvalue weighted by Crippen LogP contribution is -2.39. The van der Waals surface area contributed by atoms with Gasteiger partial charge in [0.1, 0.15) is 0 Å². The largest absolute Gasteiger partial charge is 0.395 e. The van der Waals surface area contributed by atoms with Gasteiger partial charge in [0.15, 0.2) is 4.96 Å². The first-order valence-electron chi connectivity index (χ1n) is 5.93. The van der Waals surface area contributed by atoms with E-state index in [1.807, 2.05) is 36.0 Å². The van der Waals surface area contributed by atoms with Crippen molar-refractivity contribution in [1.29, 1.82) is 0 Å². The first-order valence-corrected chi connectivity index (χ1v) is 6.81. The summed E-state index contributed by atoms with van der Waals surface area (Å²) >= 11 is 1.55. The van der Waals surface area contributed by atoms with Gasteiger partial charge in [-0.2, -0.15) is 0 Å². The lowest BCUT2D eigenvalue weighted by molar-refractivity contribution is -0.132. The standard InChI is InChI=1S/C12H17N3O2S/c1-9(2)15(3-5-16)11(17)7-10-8-14-4-6-18-12(14)13-10/h4,6,8-9,16H,3,5,7H2,1-2H3. The number of hydrogen-bond acceptors (Lipinski definition) is 4. The first kappa shape index (κ1) is 13.0. The van der Waals surface area contributed by atoms with E-state index in [1.165, 1.54) is 0 Å². The number of aromatic nitrogens is 2. The summed E-state index contributed by atoms with van der Waals surface area (Å²) in [6.45, 7) is 4.25. The molecule has 2 heterocycles. The summed E-state index contributed by atoms with van der Waals surface area (Å²) in [7, 11) is 0. The van der Waals surface area contributed by atoms with Crippen LogP contribution in [0, 0.1) is 0 Å². The molecule has 1 amide bonds. The van der Waals surface area contributed by atoms with Crippen molar-refractivity contribution in [3.63, 3.8) is 0 Å². The number of imidazole rings is 1. The highest BCUT2D eigenvalue weighted by Gasteiger charge is 2.18. The Kier molecular flexibility index (Phi) is 3.98. The van der Waals surface area contributed by atoms with Crippen molar-refractivity contribution in [3.05, 3.63) is 23.5 Å². The number of amides is 1. The number of aliphatic hydroxyl groups is 1. The third-order valence-electron chi connectivity index (χ3n) is 2.76. The van der Waals surface area contributed by atoms with Crippen LogP contribution in [0.4, 0.5) is 0 Å². The van der Waals surface area contributed by atoms with Gasteiger partial charge in [-0.05, 0) is 13.8 Å². The number of thiazole rings is 1. The molecule has 98 valence electrons. The monoisotopic (exact) mass is 267 g/mol. The van der Waals surface area contributed by atoms with E-state index in [1.54, 1.807) is 16.2 Å². The molecular weight excluding hydrogens is 250 g/mol. The highest BCUT2D eigenvalue weighted by atomic mass is 32.1. The van der Waals surface area contributed by atoms with Crippen LogP contribution in [0.5, 0.6) is 0 Å². The predicted molar refractivity (Wildman–Crippen MR) is 70.7 cm³/mol. The molecule has 2 rings (SSSR count). The molecule has 0 aliphatic heterocycles. The fraction of sp³-hybridized carbons (Fsp3) is 0.500. The zero-order valence-electron chi connectivity index (χ0n) is 10.5. The Bertz CT molecular complexity index is 504. The van der Waals surface area contributed by atoms with Gasteiger partial charge >= 0.3 is 0 Å². The van der Waals surface area contributed by atoms with Crippen LogP contribution in [0.15, 0.2) is 17.8 Å². The fourth-order valence-corrected chi connectivity index (χ4v) is 2.62. The maximum atomic E-state index is 12.1. The molecular formula is C12H17N3O2S. The van der Waals surface area contributed by atoms with Crippen LogP contribution >= 0.6 is 11.3 Å².